The number of aromatic nitrogens is 3. The molecule has 0 aliphatic rings. The quantitative estimate of drug-likeness (QED) is 0.355. The van der Waals surface area contributed by atoms with Crippen LogP contribution in [0.25, 0.3) is 12.2 Å². The van der Waals surface area contributed by atoms with Gasteiger partial charge in [0.25, 0.3) is 0 Å². The summed E-state index contributed by atoms with van der Waals surface area (Å²) >= 11 is 1.25. The van der Waals surface area contributed by atoms with E-state index < -0.39 is 0 Å². The third kappa shape index (κ3) is 6.15. The van der Waals surface area contributed by atoms with Gasteiger partial charge >= 0.3 is 0 Å². The minimum Gasteiger partial charge on any atom is -0.325 e. The van der Waals surface area contributed by atoms with Gasteiger partial charge in [-0.25, -0.2) is 9.37 Å². The summed E-state index contributed by atoms with van der Waals surface area (Å²) in [7, 11) is 0. The molecule has 2 N–H and O–H groups in total. The van der Waals surface area contributed by atoms with Crippen LogP contribution in [0.1, 0.15) is 22.5 Å². The molecular weight excluding hydrogens is 423 g/mol. The number of carbonyl (C=O) groups excluding carboxylic acids is 1. The van der Waals surface area contributed by atoms with Crippen LogP contribution in [-0.2, 0) is 11.2 Å². The summed E-state index contributed by atoms with van der Waals surface area (Å²) in [6, 6.07) is 24.1. The van der Waals surface area contributed by atoms with Gasteiger partial charge in [-0.2, -0.15) is 0 Å². The number of aromatic amines is 1. The molecule has 0 bridgehead atoms. The van der Waals surface area contributed by atoms with Crippen LogP contribution in [0.3, 0.4) is 0 Å². The maximum atomic E-state index is 13.0. The molecule has 0 atom stereocenters. The van der Waals surface area contributed by atoms with Crippen LogP contribution in [0, 0.1) is 5.82 Å². The summed E-state index contributed by atoms with van der Waals surface area (Å²) in [5.41, 5.74) is 3.90. The highest BCUT2D eigenvalue weighted by Crippen LogP contribution is 2.20. The van der Waals surface area contributed by atoms with Crippen LogP contribution in [0.2, 0.25) is 0 Å². The SMILES string of the molecule is O=C(CSc1n[nH]c(/C=C/c2ccc(F)cc2)n1)Nc1ccccc1Cc1ccccc1. The molecule has 160 valence electrons. The van der Waals surface area contributed by atoms with Gasteiger partial charge in [-0.3, -0.25) is 9.89 Å². The zero-order valence-corrected chi connectivity index (χ0v) is 18.0. The van der Waals surface area contributed by atoms with E-state index in [1.165, 1.54) is 29.5 Å². The average molecular weight is 445 g/mol. The van der Waals surface area contributed by atoms with E-state index in [0.717, 1.165) is 23.2 Å². The van der Waals surface area contributed by atoms with Crippen molar-refractivity contribution in [1.29, 1.82) is 0 Å². The average Bonchev–Trinajstić information content (AvgIpc) is 3.27. The van der Waals surface area contributed by atoms with Gasteiger partial charge in [-0.1, -0.05) is 78.5 Å². The maximum absolute atomic E-state index is 13.0. The summed E-state index contributed by atoms with van der Waals surface area (Å²) in [4.78, 5) is 16.8. The number of amides is 1. The summed E-state index contributed by atoms with van der Waals surface area (Å²) in [5, 5.41) is 10.4. The molecule has 0 radical (unpaired) electrons. The molecule has 0 saturated heterocycles. The first-order valence-electron chi connectivity index (χ1n) is 10.1. The molecule has 7 heteroatoms. The number of benzene rings is 3. The molecule has 3 aromatic carbocycles. The number of nitrogens with zero attached hydrogens (tertiary/aromatic N) is 2. The molecule has 0 aliphatic heterocycles. The topological polar surface area (TPSA) is 70.7 Å². The first-order chi connectivity index (χ1) is 15.7. The molecule has 0 saturated carbocycles. The minimum absolute atomic E-state index is 0.122. The lowest BCUT2D eigenvalue weighted by Gasteiger charge is -2.11. The predicted octanol–water partition coefficient (Wildman–Crippen LogP) is 5.44. The summed E-state index contributed by atoms with van der Waals surface area (Å²) in [5.74, 6) is 0.356. The number of nitrogens with one attached hydrogen (secondary N) is 2. The molecule has 1 heterocycles. The number of rotatable bonds is 8. The molecule has 0 unspecified atom stereocenters. The zero-order chi connectivity index (χ0) is 22.2. The van der Waals surface area contributed by atoms with E-state index in [2.05, 4.69) is 32.6 Å². The molecule has 4 rings (SSSR count). The van der Waals surface area contributed by atoms with Crippen molar-refractivity contribution >= 4 is 35.5 Å². The highest BCUT2D eigenvalue weighted by atomic mass is 32.2. The Hall–Kier alpha value is -3.71. The van der Waals surface area contributed by atoms with Crippen LogP contribution >= 0.6 is 11.8 Å². The van der Waals surface area contributed by atoms with Crippen molar-refractivity contribution < 1.29 is 9.18 Å². The van der Waals surface area contributed by atoms with Gasteiger partial charge in [-0.15, -0.1) is 5.10 Å². The fourth-order valence-corrected chi connectivity index (χ4v) is 3.68. The Morgan fingerprint density at radius 3 is 2.53 bits per heavy atom. The van der Waals surface area contributed by atoms with Gasteiger partial charge < -0.3 is 5.32 Å². The number of thioether (sulfide) groups is 1. The normalized spacial score (nSPS) is 11.0. The Labute approximate surface area is 189 Å². The molecule has 1 amide bonds. The van der Waals surface area contributed by atoms with Gasteiger partial charge in [0.1, 0.15) is 11.6 Å². The Morgan fingerprint density at radius 2 is 1.72 bits per heavy atom. The number of para-hydroxylation sites is 1. The monoisotopic (exact) mass is 444 g/mol. The molecule has 32 heavy (non-hydrogen) atoms. The summed E-state index contributed by atoms with van der Waals surface area (Å²) in [6.45, 7) is 0. The molecule has 1 aromatic heterocycles. The second-order valence-corrected chi connectivity index (χ2v) is 7.99. The molecule has 0 spiro atoms. The van der Waals surface area contributed by atoms with Crippen molar-refractivity contribution in [3.63, 3.8) is 0 Å². The lowest BCUT2D eigenvalue weighted by Crippen LogP contribution is -2.15. The van der Waals surface area contributed by atoms with Crippen molar-refractivity contribution in [1.82, 2.24) is 15.2 Å². The fraction of sp³-hybridized carbons (Fsp3) is 0.0800. The third-order valence-corrected chi connectivity index (χ3v) is 5.49. The largest absolute Gasteiger partial charge is 0.325 e. The number of carbonyl (C=O) groups is 1. The van der Waals surface area contributed by atoms with Gasteiger partial charge in [0.2, 0.25) is 11.1 Å². The van der Waals surface area contributed by atoms with Gasteiger partial charge in [0.05, 0.1) is 5.75 Å². The third-order valence-electron chi connectivity index (χ3n) is 4.65. The van der Waals surface area contributed by atoms with Crippen molar-refractivity contribution in [3.05, 3.63) is 107 Å². The van der Waals surface area contributed by atoms with E-state index in [1.54, 1.807) is 18.2 Å². The highest BCUT2D eigenvalue weighted by molar-refractivity contribution is 7.99. The second-order valence-electron chi connectivity index (χ2n) is 7.04. The van der Waals surface area contributed by atoms with Gasteiger partial charge in [0.15, 0.2) is 0 Å². The van der Waals surface area contributed by atoms with Crippen molar-refractivity contribution in [2.24, 2.45) is 0 Å². The van der Waals surface area contributed by atoms with Crippen LogP contribution < -0.4 is 5.32 Å². The van der Waals surface area contributed by atoms with Crippen LogP contribution in [0.15, 0.2) is 84.0 Å². The van der Waals surface area contributed by atoms with Crippen molar-refractivity contribution in [3.8, 4) is 0 Å². The standard InChI is InChI=1S/C25H21FN4OS/c26-21-13-10-18(11-14-21)12-15-23-28-25(30-29-23)32-17-24(31)27-22-9-5-4-8-20(22)16-19-6-2-1-3-7-19/h1-15H,16-17H2,(H,27,31)(H,28,29,30)/b15-12+. The Morgan fingerprint density at radius 1 is 0.969 bits per heavy atom. The molecule has 0 fully saturated rings. The van der Waals surface area contributed by atoms with Crippen molar-refractivity contribution in [2.45, 2.75) is 11.6 Å². The molecule has 4 aromatic rings. The number of hydrogen-bond acceptors (Lipinski definition) is 4. The van der Waals surface area contributed by atoms with Gasteiger partial charge in [0, 0.05) is 5.69 Å². The Bertz CT molecular complexity index is 1210. The van der Waals surface area contributed by atoms with Crippen LogP contribution in [0.4, 0.5) is 10.1 Å². The lowest BCUT2D eigenvalue weighted by atomic mass is 10.0. The molecular formula is C25H21FN4OS. The van der Waals surface area contributed by atoms with Crippen molar-refractivity contribution in [2.75, 3.05) is 11.1 Å². The first kappa shape index (κ1) is 21.5. The van der Waals surface area contributed by atoms with E-state index in [0.29, 0.717) is 11.0 Å². The van der Waals surface area contributed by atoms with Crippen LogP contribution in [-0.4, -0.2) is 26.8 Å². The number of H-pyrrole nitrogens is 1. The number of anilines is 1. The van der Waals surface area contributed by atoms with E-state index in [1.807, 2.05) is 48.5 Å². The van der Waals surface area contributed by atoms with Crippen LogP contribution in [0.5, 0.6) is 0 Å². The fourth-order valence-electron chi connectivity index (χ4n) is 3.07. The predicted molar refractivity (Wildman–Crippen MR) is 127 cm³/mol. The summed E-state index contributed by atoms with van der Waals surface area (Å²) < 4.78 is 13.0. The van der Waals surface area contributed by atoms with Gasteiger partial charge in [-0.05, 0) is 47.4 Å². The number of halogens is 1. The lowest BCUT2D eigenvalue weighted by molar-refractivity contribution is -0.113. The Kier molecular flexibility index (Phi) is 7.09. The first-order valence-corrected chi connectivity index (χ1v) is 11.0. The minimum atomic E-state index is -0.276. The van der Waals surface area contributed by atoms with E-state index in [9.17, 15) is 9.18 Å². The van der Waals surface area contributed by atoms with E-state index in [4.69, 9.17) is 0 Å². The Balaban J connectivity index is 1.32. The smallest absolute Gasteiger partial charge is 0.234 e. The van der Waals surface area contributed by atoms with E-state index >= 15 is 0 Å². The molecule has 5 nitrogen and oxygen atoms in total. The summed E-state index contributed by atoms with van der Waals surface area (Å²) in [6.07, 6.45) is 4.31. The highest BCUT2D eigenvalue weighted by Gasteiger charge is 2.10. The molecule has 0 aliphatic carbocycles. The second kappa shape index (κ2) is 10.5. The number of hydrogen-bond donors (Lipinski definition) is 2. The van der Waals surface area contributed by atoms with E-state index in [-0.39, 0.29) is 17.5 Å². The maximum Gasteiger partial charge on any atom is 0.234 e. The zero-order valence-electron chi connectivity index (χ0n) is 17.2.